The van der Waals surface area contributed by atoms with Crippen LogP contribution < -0.4 is 10.1 Å². The number of nitrogens with zero attached hydrogens (tertiary/aromatic N) is 3. The van der Waals surface area contributed by atoms with Crippen LogP contribution in [0.2, 0.25) is 0 Å². The predicted octanol–water partition coefficient (Wildman–Crippen LogP) is 5.66. The molecule has 1 amide bonds. The summed E-state index contributed by atoms with van der Waals surface area (Å²) in [7, 11) is 0. The standard InChI is InChI=1S/C25H32N4O2S/c1-7-29-23(14-31-22-13-18(5)9-11-20(22)16(2)3)27-28-25(29)32-15-24(30)26-21-12-17(4)8-10-19(21)6/h8-13,16H,7,14-15H2,1-6H3,(H,26,30). The lowest BCUT2D eigenvalue weighted by Crippen LogP contribution is -2.15. The van der Waals surface area contributed by atoms with Crippen LogP contribution in [0.25, 0.3) is 0 Å². The summed E-state index contributed by atoms with van der Waals surface area (Å²) in [6, 6.07) is 12.3. The average Bonchev–Trinajstić information content (AvgIpc) is 3.15. The molecule has 3 aromatic rings. The second-order valence-electron chi connectivity index (χ2n) is 8.28. The number of ether oxygens (including phenoxy) is 1. The molecule has 0 aliphatic carbocycles. The van der Waals surface area contributed by atoms with E-state index in [1.165, 1.54) is 17.3 Å². The summed E-state index contributed by atoms with van der Waals surface area (Å²) < 4.78 is 8.14. The third-order valence-corrected chi connectivity index (χ3v) is 6.22. The molecule has 0 spiro atoms. The zero-order valence-electron chi connectivity index (χ0n) is 19.7. The smallest absolute Gasteiger partial charge is 0.234 e. The number of rotatable bonds is 9. The van der Waals surface area contributed by atoms with Crippen LogP contribution in [0, 0.1) is 20.8 Å². The lowest BCUT2D eigenvalue weighted by molar-refractivity contribution is -0.113. The van der Waals surface area contributed by atoms with Crippen molar-refractivity contribution in [1.29, 1.82) is 0 Å². The highest BCUT2D eigenvalue weighted by atomic mass is 32.2. The SMILES string of the molecule is CCn1c(COc2cc(C)ccc2C(C)C)nnc1SCC(=O)Nc1cc(C)ccc1C. The van der Waals surface area contributed by atoms with Gasteiger partial charge in [0.25, 0.3) is 0 Å². The first-order chi connectivity index (χ1) is 15.3. The van der Waals surface area contributed by atoms with Gasteiger partial charge in [0.1, 0.15) is 12.4 Å². The molecule has 2 aromatic carbocycles. The van der Waals surface area contributed by atoms with Crippen LogP contribution >= 0.6 is 11.8 Å². The number of carbonyl (C=O) groups is 1. The topological polar surface area (TPSA) is 69.0 Å². The van der Waals surface area contributed by atoms with Gasteiger partial charge < -0.3 is 14.6 Å². The highest BCUT2D eigenvalue weighted by Gasteiger charge is 2.16. The molecule has 0 aliphatic rings. The summed E-state index contributed by atoms with van der Waals surface area (Å²) in [6.07, 6.45) is 0. The zero-order chi connectivity index (χ0) is 23.3. The van der Waals surface area contributed by atoms with Gasteiger partial charge in [-0.15, -0.1) is 10.2 Å². The number of carbonyl (C=O) groups excluding carboxylic acids is 1. The van der Waals surface area contributed by atoms with Crippen LogP contribution in [0.5, 0.6) is 5.75 Å². The first-order valence-electron chi connectivity index (χ1n) is 10.9. The maximum Gasteiger partial charge on any atom is 0.234 e. The van der Waals surface area contributed by atoms with Crippen LogP contribution in [0.3, 0.4) is 0 Å². The van der Waals surface area contributed by atoms with Crippen LogP contribution in [0.15, 0.2) is 41.6 Å². The summed E-state index contributed by atoms with van der Waals surface area (Å²) in [5.41, 5.74) is 5.34. The van der Waals surface area contributed by atoms with E-state index in [2.05, 4.69) is 54.5 Å². The molecule has 1 N–H and O–H groups in total. The van der Waals surface area contributed by atoms with Gasteiger partial charge in [-0.05, 0) is 68.0 Å². The van der Waals surface area contributed by atoms with Gasteiger partial charge in [0, 0.05) is 12.2 Å². The highest BCUT2D eigenvalue weighted by molar-refractivity contribution is 7.99. The Morgan fingerprint density at radius 1 is 1.09 bits per heavy atom. The van der Waals surface area contributed by atoms with Crippen molar-refractivity contribution in [3.05, 3.63) is 64.5 Å². The van der Waals surface area contributed by atoms with Crippen molar-refractivity contribution in [2.24, 2.45) is 0 Å². The number of thioether (sulfide) groups is 1. The summed E-state index contributed by atoms with van der Waals surface area (Å²) >= 11 is 1.38. The van der Waals surface area contributed by atoms with E-state index >= 15 is 0 Å². The molecule has 0 aliphatic heterocycles. The summed E-state index contributed by atoms with van der Waals surface area (Å²) in [5.74, 6) is 2.21. The lowest BCUT2D eigenvalue weighted by atomic mass is 10.0. The monoisotopic (exact) mass is 452 g/mol. The van der Waals surface area contributed by atoms with Gasteiger partial charge in [-0.25, -0.2) is 0 Å². The molecular weight excluding hydrogens is 420 g/mol. The maximum absolute atomic E-state index is 12.5. The molecule has 0 unspecified atom stereocenters. The van der Waals surface area contributed by atoms with Crippen molar-refractivity contribution in [1.82, 2.24) is 14.8 Å². The Morgan fingerprint density at radius 3 is 2.53 bits per heavy atom. The summed E-state index contributed by atoms with van der Waals surface area (Å²) in [4.78, 5) is 12.5. The molecule has 7 heteroatoms. The predicted molar refractivity (Wildman–Crippen MR) is 131 cm³/mol. The fourth-order valence-electron chi connectivity index (χ4n) is 3.42. The average molecular weight is 453 g/mol. The zero-order valence-corrected chi connectivity index (χ0v) is 20.5. The lowest BCUT2D eigenvalue weighted by Gasteiger charge is -2.15. The Hall–Kier alpha value is -2.80. The van der Waals surface area contributed by atoms with E-state index in [1.54, 1.807) is 0 Å². The first kappa shape index (κ1) is 23.9. The number of anilines is 1. The van der Waals surface area contributed by atoms with Gasteiger partial charge in [0.05, 0.1) is 5.75 Å². The van der Waals surface area contributed by atoms with Crippen LogP contribution in [-0.4, -0.2) is 26.4 Å². The third-order valence-electron chi connectivity index (χ3n) is 5.26. The quantitative estimate of drug-likeness (QED) is 0.425. The maximum atomic E-state index is 12.5. The van der Waals surface area contributed by atoms with Crippen molar-refractivity contribution in [2.75, 3.05) is 11.1 Å². The molecule has 0 fully saturated rings. The number of hydrogen-bond acceptors (Lipinski definition) is 5. The molecule has 170 valence electrons. The Kier molecular flexibility index (Phi) is 7.96. The van der Waals surface area contributed by atoms with Gasteiger partial charge in [-0.1, -0.05) is 49.9 Å². The Balaban J connectivity index is 1.64. The molecule has 1 aromatic heterocycles. The second-order valence-corrected chi connectivity index (χ2v) is 9.23. The molecule has 6 nitrogen and oxygen atoms in total. The minimum atomic E-state index is -0.0616. The molecule has 0 radical (unpaired) electrons. The van der Waals surface area contributed by atoms with Gasteiger partial charge in [0.2, 0.25) is 5.91 Å². The number of hydrogen-bond donors (Lipinski definition) is 1. The second kappa shape index (κ2) is 10.7. The molecule has 0 saturated heterocycles. The van der Waals surface area contributed by atoms with E-state index in [1.807, 2.05) is 43.5 Å². The molecule has 0 bridgehead atoms. The fourth-order valence-corrected chi connectivity index (χ4v) is 4.24. The Bertz CT molecular complexity index is 1090. The van der Waals surface area contributed by atoms with E-state index in [0.717, 1.165) is 39.1 Å². The van der Waals surface area contributed by atoms with Crippen molar-refractivity contribution < 1.29 is 9.53 Å². The van der Waals surface area contributed by atoms with Crippen molar-refractivity contribution in [2.45, 2.75) is 65.8 Å². The van der Waals surface area contributed by atoms with Crippen LogP contribution in [0.1, 0.15) is 54.8 Å². The van der Waals surface area contributed by atoms with Crippen LogP contribution in [0.4, 0.5) is 5.69 Å². The van der Waals surface area contributed by atoms with E-state index in [4.69, 9.17) is 4.74 Å². The summed E-state index contributed by atoms with van der Waals surface area (Å²) in [5, 5.41) is 12.3. The number of amides is 1. The molecule has 0 saturated carbocycles. The van der Waals surface area contributed by atoms with E-state index in [0.29, 0.717) is 19.1 Å². The largest absolute Gasteiger partial charge is 0.485 e. The van der Waals surface area contributed by atoms with Crippen LogP contribution in [-0.2, 0) is 17.9 Å². The third kappa shape index (κ3) is 5.91. The fraction of sp³-hybridized carbons (Fsp3) is 0.400. The Morgan fingerprint density at radius 2 is 1.81 bits per heavy atom. The number of aryl methyl sites for hydroxylation is 3. The normalized spacial score (nSPS) is 11.1. The highest BCUT2D eigenvalue weighted by Crippen LogP contribution is 2.28. The number of nitrogens with one attached hydrogen (secondary N) is 1. The van der Waals surface area contributed by atoms with E-state index < -0.39 is 0 Å². The minimum absolute atomic E-state index is 0.0616. The number of benzene rings is 2. The van der Waals surface area contributed by atoms with E-state index in [9.17, 15) is 4.79 Å². The molecular formula is C25H32N4O2S. The van der Waals surface area contributed by atoms with Crippen molar-refractivity contribution in [3.63, 3.8) is 0 Å². The van der Waals surface area contributed by atoms with Crippen molar-refractivity contribution >= 4 is 23.4 Å². The molecule has 0 atom stereocenters. The van der Waals surface area contributed by atoms with E-state index in [-0.39, 0.29) is 11.7 Å². The van der Waals surface area contributed by atoms with Crippen molar-refractivity contribution in [3.8, 4) is 5.75 Å². The van der Waals surface area contributed by atoms with Gasteiger partial charge in [-0.2, -0.15) is 0 Å². The minimum Gasteiger partial charge on any atom is -0.485 e. The summed E-state index contributed by atoms with van der Waals surface area (Å²) in [6.45, 7) is 13.5. The molecule has 1 heterocycles. The first-order valence-corrected chi connectivity index (χ1v) is 11.9. The molecule has 3 rings (SSSR count). The number of aromatic nitrogens is 3. The molecule has 32 heavy (non-hydrogen) atoms. The van der Waals surface area contributed by atoms with Gasteiger partial charge in [0.15, 0.2) is 11.0 Å². The van der Waals surface area contributed by atoms with Gasteiger partial charge in [-0.3, -0.25) is 4.79 Å². The van der Waals surface area contributed by atoms with Gasteiger partial charge >= 0.3 is 0 Å². The Labute approximate surface area is 194 Å².